The van der Waals surface area contributed by atoms with Gasteiger partial charge < -0.3 is 10.4 Å². The van der Waals surface area contributed by atoms with Crippen LogP contribution in [0.3, 0.4) is 0 Å². The van der Waals surface area contributed by atoms with Gasteiger partial charge in [-0.05, 0) is 25.3 Å². The first-order valence-electron chi connectivity index (χ1n) is 7.17. The molecule has 1 atom stereocenters. The molecule has 0 radical (unpaired) electrons. The zero-order chi connectivity index (χ0) is 17.9. The van der Waals surface area contributed by atoms with Gasteiger partial charge in [0.1, 0.15) is 0 Å². The van der Waals surface area contributed by atoms with Gasteiger partial charge >= 0.3 is 12.5 Å². The van der Waals surface area contributed by atoms with E-state index in [9.17, 15) is 18.4 Å². The molecule has 2 N–H and O–H groups in total. The molecule has 1 unspecified atom stereocenters. The largest absolute Gasteiger partial charge is 0.481 e. The van der Waals surface area contributed by atoms with Crippen molar-refractivity contribution in [2.45, 2.75) is 39.3 Å². The molecule has 0 spiro atoms. The molecule has 6 nitrogen and oxygen atoms in total. The van der Waals surface area contributed by atoms with Gasteiger partial charge in [-0.2, -0.15) is 13.9 Å². The van der Waals surface area contributed by atoms with Crippen LogP contribution in [-0.4, -0.2) is 26.8 Å². The molecule has 2 rings (SSSR count). The van der Waals surface area contributed by atoms with E-state index in [1.807, 2.05) is 0 Å². The molecule has 0 bridgehead atoms. The Morgan fingerprint density at radius 2 is 2.12 bits per heavy atom. The van der Waals surface area contributed by atoms with E-state index in [0.29, 0.717) is 15.9 Å². The number of aromatic nitrogens is 2. The fraction of sp³-hybridized carbons (Fsp3) is 0.400. The maximum atomic E-state index is 12.8. The number of nitrogens with one attached hydrogen (secondary N) is 1. The first-order chi connectivity index (χ1) is 11.3. The molecule has 9 heteroatoms. The van der Waals surface area contributed by atoms with Gasteiger partial charge in [0.15, 0.2) is 0 Å². The molecule has 0 aromatic carbocycles. The van der Waals surface area contributed by atoms with Crippen LogP contribution in [0, 0.1) is 13.8 Å². The van der Waals surface area contributed by atoms with Crippen LogP contribution in [0.1, 0.15) is 40.8 Å². The predicted octanol–water partition coefficient (Wildman–Crippen LogP) is 2.83. The van der Waals surface area contributed by atoms with Crippen molar-refractivity contribution in [3.63, 3.8) is 0 Å². The Labute approximate surface area is 141 Å². The van der Waals surface area contributed by atoms with Gasteiger partial charge in [0, 0.05) is 16.1 Å². The monoisotopic (exact) mass is 357 g/mol. The summed E-state index contributed by atoms with van der Waals surface area (Å²) in [4.78, 5) is 24.0. The molecule has 0 saturated heterocycles. The van der Waals surface area contributed by atoms with E-state index in [0.717, 1.165) is 4.88 Å². The Balaban J connectivity index is 2.13. The molecule has 0 saturated carbocycles. The lowest BCUT2D eigenvalue weighted by Gasteiger charge is -2.15. The highest BCUT2D eigenvalue weighted by Crippen LogP contribution is 2.23. The van der Waals surface area contributed by atoms with Gasteiger partial charge in [-0.1, -0.05) is 6.07 Å². The molecular weight excluding hydrogens is 340 g/mol. The van der Waals surface area contributed by atoms with Crippen molar-refractivity contribution >= 4 is 23.2 Å². The normalized spacial score (nSPS) is 12.4. The lowest BCUT2D eigenvalue weighted by atomic mass is 10.1. The lowest BCUT2D eigenvalue weighted by molar-refractivity contribution is -0.137. The summed E-state index contributed by atoms with van der Waals surface area (Å²) in [6.07, 6.45) is -0.383. The number of halogens is 2. The fourth-order valence-electron chi connectivity index (χ4n) is 2.44. The highest BCUT2D eigenvalue weighted by Gasteiger charge is 2.22. The lowest BCUT2D eigenvalue weighted by Crippen LogP contribution is -2.31. The summed E-state index contributed by atoms with van der Waals surface area (Å²) < 4.78 is 26.2. The summed E-state index contributed by atoms with van der Waals surface area (Å²) in [6, 6.07) is 2.85. The minimum atomic E-state index is -2.77. The summed E-state index contributed by atoms with van der Waals surface area (Å²) in [6.45, 7) is 0.261. The maximum absolute atomic E-state index is 12.8. The molecule has 2 aromatic heterocycles. The van der Waals surface area contributed by atoms with Crippen molar-refractivity contribution in [2.75, 3.05) is 0 Å². The highest BCUT2D eigenvalue weighted by atomic mass is 32.1. The summed E-state index contributed by atoms with van der Waals surface area (Å²) in [5.74, 6) is -1.47. The van der Waals surface area contributed by atoms with E-state index in [1.165, 1.54) is 18.3 Å². The maximum Gasteiger partial charge on any atom is 0.333 e. The molecular formula is C15H17F2N3O3S. The van der Waals surface area contributed by atoms with Crippen molar-refractivity contribution in [2.24, 2.45) is 0 Å². The van der Waals surface area contributed by atoms with Gasteiger partial charge in [-0.25, -0.2) is 4.68 Å². The van der Waals surface area contributed by atoms with Crippen LogP contribution in [0.25, 0.3) is 0 Å². The average Bonchev–Trinajstić information content (AvgIpc) is 3.10. The number of hydrogen-bond donors (Lipinski definition) is 2. The predicted molar refractivity (Wildman–Crippen MR) is 84.1 cm³/mol. The summed E-state index contributed by atoms with van der Waals surface area (Å²) in [7, 11) is 0. The number of hydrogen-bond acceptors (Lipinski definition) is 4. The third kappa shape index (κ3) is 4.16. The Hall–Kier alpha value is -2.29. The van der Waals surface area contributed by atoms with Crippen LogP contribution in [0.15, 0.2) is 17.5 Å². The standard InChI is InChI=1S/C15H17F2N3O3S/c1-8-10(9(2)20(19-8)15(16)17)6-13(21)18-11(7-14(22)23)12-4-3-5-24-12/h3-5,11,15H,6-7H2,1-2H3,(H,18,21)(H,22,23). The molecule has 2 heterocycles. The van der Waals surface area contributed by atoms with Crippen molar-refractivity contribution in [3.05, 3.63) is 39.3 Å². The van der Waals surface area contributed by atoms with Crippen LogP contribution in [-0.2, 0) is 16.0 Å². The van der Waals surface area contributed by atoms with Crippen LogP contribution >= 0.6 is 11.3 Å². The number of amides is 1. The SMILES string of the molecule is Cc1nn(C(F)F)c(C)c1CC(=O)NC(CC(=O)O)c1cccs1. The summed E-state index contributed by atoms with van der Waals surface area (Å²) in [5.41, 5.74) is 1.01. The van der Waals surface area contributed by atoms with Gasteiger partial charge in [0.25, 0.3) is 0 Å². The minimum absolute atomic E-state index is 0.133. The van der Waals surface area contributed by atoms with Crippen LogP contribution in [0.2, 0.25) is 0 Å². The van der Waals surface area contributed by atoms with Crippen molar-refractivity contribution in [3.8, 4) is 0 Å². The molecule has 130 valence electrons. The van der Waals surface area contributed by atoms with E-state index in [2.05, 4.69) is 10.4 Å². The van der Waals surface area contributed by atoms with Crippen LogP contribution in [0.4, 0.5) is 8.78 Å². The van der Waals surface area contributed by atoms with Crippen LogP contribution in [0.5, 0.6) is 0 Å². The number of nitrogens with zero attached hydrogens (tertiary/aromatic N) is 2. The molecule has 2 aromatic rings. The fourth-order valence-corrected chi connectivity index (χ4v) is 3.21. The van der Waals surface area contributed by atoms with Crippen molar-refractivity contribution < 1.29 is 23.5 Å². The topological polar surface area (TPSA) is 84.2 Å². The number of carboxylic acids is 1. The Morgan fingerprint density at radius 1 is 1.42 bits per heavy atom. The second-order valence-electron chi connectivity index (χ2n) is 5.28. The highest BCUT2D eigenvalue weighted by molar-refractivity contribution is 7.10. The molecule has 0 fully saturated rings. The number of thiophene rings is 1. The van der Waals surface area contributed by atoms with Gasteiger partial charge in [-0.3, -0.25) is 9.59 Å². The zero-order valence-corrected chi connectivity index (χ0v) is 13.9. The number of rotatable bonds is 7. The third-order valence-corrected chi connectivity index (χ3v) is 4.58. The van der Waals surface area contributed by atoms with Crippen molar-refractivity contribution in [1.29, 1.82) is 0 Å². The molecule has 1 amide bonds. The number of aliphatic carboxylic acids is 1. The van der Waals surface area contributed by atoms with E-state index in [4.69, 9.17) is 5.11 Å². The quantitative estimate of drug-likeness (QED) is 0.798. The van der Waals surface area contributed by atoms with E-state index < -0.39 is 24.5 Å². The second kappa shape index (κ2) is 7.52. The van der Waals surface area contributed by atoms with Gasteiger partial charge in [-0.15, -0.1) is 11.3 Å². The summed E-state index contributed by atoms with van der Waals surface area (Å²) in [5, 5.41) is 17.2. The van der Waals surface area contributed by atoms with E-state index >= 15 is 0 Å². The Kier molecular flexibility index (Phi) is 5.66. The number of alkyl halides is 2. The third-order valence-electron chi connectivity index (χ3n) is 3.60. The van der Waals surface area contributed by atoms with E-state index in [1.54, 1.807) is 24.4 Å². The van der Waals surface area contributed by atoms with Gasteiger partial charge in [0.05, 0.1) is 24.6 Å². The van der Waals surface area contributed by atoms with Gasteiger partial charge in [0.2, 0.25) is 5.91 Å². The first kappa shape index (κ1) is 18.1. The molecule has 0 aliphatic rings. The molecule has 0 aliphatic heterocycles. The number of carbonyl (C=O) groups excluding carboxylic acids is 1. The Morgan fingerprint density at radius 3 is 2.62 bits per heavy atom. The second-order valence-corrected chi connectivity index (χ2v) is 6.26. The number of carboxylic acid groups (broad SMARTS) is 1. The smallest absolute Gasteiger partial charge is 0.333 e. The zero-order valence-electron chi connectivity index (χ0n) is 13.1. The number of aryl methyl sites for hydroxylation is 1. The molecule has 24 heavy (non-hydrogen) atoms. The van der Waals surface area contributed by atoms with E-state index in [-0.39, 0.29) is 18.5 Å². The van der Waals surface area contributed by atoms with Crippen LogP contribution < -0.4 is 5.32 Å². The Bertz CT molecular complexity index is 729. The molecule has 0 aliphatic carbocycles. The average molecular weight is 357 g/mol. The van der Waals surface area contributed by atoms with Crippen molar-refractivity contribution in [1.82, 2.24) is 15.1 Å². The number of carbonyl (C=O) groups is 2. The minimum Gasteiger partial charge on any atom is -0.481 e. The first-order valence-corrected chi connectivity index (χ1v) is 8.04. The summed E-state index contributed by atoms with van der Waals surface area (Å²) >= 11 is 1.34.